The largest absolute Gasteiger partial charge is 0.496 e. The van der Waals surface area contributed by atoms with E-state index in [1.165, 1.54) is 25.3 Å². The van der Waals surface area contributed by atoms with Crippen LogP contribution in [0.3, 0.4) is 0 Å². The number of rotatable bonds is 5. The Bertz CT molecular complexity index is 883. The Morgan fingerprint density at radius 2 is 1.92 bits per heavy atom. The number of nitrogens with one attached hydrogen (secondary N) is 1. The second-order valence-corrected chi connectivity index (χ2v) is 5.33. The SMILES string of the molecule is COc1ccc(/C=C(\C#N)C(=O)Nc2ccc(Cl)cc2)cc1C(=O)O. The highest BCUT2D eigenvalue weighted by Gasteiger charge is 2.13. The molecule has 2 aromatic rings. The number of hydrogen-bond donors (Lipinski definition) is 2. The molecule has 1 amide bonds. The molecule has 2 aromatic carbocycles. The predicted octanol–water partition coefficient (Wildman–Crippen LogP) is 3.59. The molecule has 2 N–H and O–H groups in total. The van der Waals surface area contributed by atoms with Crippen molar-refractivity contribution in [1.82, 2.24) is 0 Å². The number of ether oxygens (including phenoxy) is 1. The van der Waals surface area contributed by atoms with E-state index >= 15 is 0 Å². The molecule has 0 saturated carbocycles. The van der Waals surface area contributed by atoms with Gasteiger partial charge in [-0.3, -0.25) is 4.79 Å². The van der Waals surface area contributed by atoms with E-state index in [2.05, 4.69) is 5.32 Å². The number of aromatic carboxylic acids is 1. The van der Waals surface area contributed by atoms with Crippen molar-refractivity contribution in [1.29, 1.82) is 5.26 Å². The van der Waals surface area contributed by atoms with Gasteiger partial charge in [0.2, 0.25) is 0 Å². The van der Waals surface area contributed by atoms with E-state index in [1.807, 2.05) is 0 Å². The summed E-state index contributed by atoms with van der Waals surface area (Å²) in [7, 11) is 1.36. The van der Waals surface area contributed by atoms with Gasteiger partial charge in [-0.25, -0.2) is 4.79 Å². The number of carboxylic acid groups (broad SMARTS) is 1. The number of amides is 1. The van der Waals surface area contributed by atoms with E-state index in [4.69, 9.17) is 16.3 Å². The van der Waals surface area contributed by atoms with Gasteiger partial charge in [-0.2, -0.15) is 5.26 Å². The number of anilines is 1. The molecule has 7 heteroatoms. The zero-order valence-electron chi connectivity index (χ0n) is 13.1. The van der Waals surface area contributed by atoms with Gasteiger partial charge in [-0.05, 0) is 48.0 Å². The number of carboxylic acids is 1. The van der Waals surface area contributed by atoms with Crippen LogP contribution >= 0.6 is 11.6 Å². The molecule has 0 aliphatic heterocycles. The van der Waals surface area contributed by atoms with Crippen LogP contribution < -0.4 is 10.1 Å². The summed E-state index contributed by atoms with van der Waals surface area (Å²) >= 11 is 5.78. The van der Waals surface area contributed by atoms with Crippen molar-refractivity contribution in [3.05, 3.63) is 64.2 Å². The van der Waals surface area contributed by atoms with Crippen LogP contribution in [0.1, 0.15) is 15.9 Å². The number of nitrogens with zero attached hydrogens (tertiary/aromatic N) is 1. The number of halogens is 1. The molecular weight excluding hydrogens is 344 g/mol. The third kappa shape index (κ3) is 4.59. The van der Waals surface area contributed by atoms with Crippen molar-refractivity contribution in [2.75, 3.05) is 12.4 Å². The molecule has 0 spiro atoms. The second kappa shape index (κ2) is 7.99. The molecule has 126 valence electrons. The minimum Gasteiger partial charge on any atom is -0.496 e. The second-order valence-electron chi connectivity index (χ2n) is 4.90. The lowest BCUT2D eigenvalue weighted by atomic mass is 10.1. The topological polar surface area (TPSA) is 99.4 Å². The number of hydrogen-bond acceptors (Lipinski definition) is 4. The molecule has 25 heavy (non-hydrogen) atoms. The quantitative estimate of drug-likeness (QED) is 0.630. The third-order valence-corrected chi connectivity index (χ3v) is 3.48. The van der Waals surface area contributed by atoms with Gasteiger partial charge in [0, 0.05) is 10.7 Å². The summed E-state index contributed by atoms with van der Waals surface area (Å²) in [6.45, 7) is 0. The molecule has 0 aromatic heterocycles. The fraction of sp³-hybridized carbons (Fsp3) is 0.0556. The highest BCUT2D eigenvalue weighted by molar-refractivity contribution is 6.30. The van der Waals surface area contributed by atoms with E-state index in [9.17, 15) is 20.0 Å². The third-order valence-electron chi connectivity index (χ3n) is 3.23. The van der Waals surface area contributed by atoms with Gasteiger partial charge < -0.3 is 15.2 Å². The zero-order chi connectivity index (χ0) is 18.4. The van der Waals surface area contributed by atoms with Gasteiger partial charge in [0.1, 0.15) is 23.0 Å². The minimum atomic E-state index is -1.17. The Hall–Kier alpha value is -3.30. The summed E-state index contributed by atoms with van der Waals surface area (Å²) in [5, 5.41) is 21.5. The summed E-state index contributed by atoms with van der Waals surface area (Å²) in [5.74, 6) is -1.59. The van der Waals surface area contributed by atoms with Crippen molar-refractivity contribution in [2.24, 2.45) is 0 Å². The average Bonchev–Trinajstić information content (AvgIpc) is 2.61. The van der Waals surface area contributed by atoms with Crippen molar-refractivity contribution in [3.8, 4) is 11.8 Å². The normalized spacial score (nSPS) is 10.7. The molecule has 0 saturated heterocycles. The van der Waals surface area contributed by atoms with E-state index in [-0.39, 0.29) is 16.9 Å². The lowest BCUT2D eigenvalue weighted by Gasteiger charge is -2.07. The number of benzene rings is 2. The highest BCUT2D eigenvalue weighted by atomic mass is 35.5. The molecule has 2 rings (SSSR count). The summed E-state index contributed by atoms with van der Waals surface area (Å²) in [6, 6.07) is 12.6. The van der Waals surface area contributed by atoms with Crippen LogP contribution in [0.2, 0.25) is 5.02 Å². The van der Waals surface area contributed by atoms with E-state index in [0.717, 1.165) is 0 Å². The molecule has 0 radical (unpaired) electrons. The Morgan fingerprint density at radius 1 is 1.24 bits per heavy atom. The van der Waals surface area contributed by atoms with E-state index in [1.54, 1.807) is 36.4 Å². The van der Waals surface area contributed by atoms with Gasteiger partial charge >= 0.3 is 5.97 Å². The number of carbonyl (C=O) groups is 2. The van der Waals surface area contributed by atoms with Crippen molar-refractivity contribution < 1.29 is 19.4 Å². The smallest absolute Gasteiger partial charge is 0.339 e. The number of nitriles is 1. The first-order chi connectivity index (χ1) is 11.9. The number of methoxy groups -OCH3 is 1. The molecule has 0 fully saturated rings. The monoisotopic (exact) mass is 356 g/mol. The minimum absolute atomic E-state index is 0.0633. The molecule has 0 atom stereocenters. The van der Waals surface area contributed by atoms with Gasteiger partial charge in [0.15, 0.2) is 0 Å². The van der Waals surface area contributed by atoms with Crippen LogP contribution in [-0.4, -0.2) is 24.1 Å². The highest BCUT2D eigenvalue weighted by Crippen LogP contribution is 2.22. The average molecular weight is 357 g/mol. The molecule has 0 aliphatic carbocycles. The van der Waals surface area contributed by atoms with Crippen LogP contribution in [-0.2, 0) is 4.79 Å². The molecule has 0 heterocycles. The molecule has 0 bridgehead atoms. The lowest BCUT2D eigenvalue weighted by molar-refractivity contribution is -0.112. The molecular formula is C18H13ClN2O4. The Morgan fingerprint density at radius 3 is 2.48 bits per heavy atom. The van der Waals surface area contributed by atoms with E-state index in [0.29, 0.717) is 16.3 Å². The first kappa shape index (κ1) is 18.0. The predicted molar refractivity (Wildman–Crippen MR) is 93.6 cm³/mol. The maximum Gasteiger partial charge on any atom is 0.339 e. The maximum absolute atomic E-state index is 12.2. The first-order valence-electron chi connectivity index (χ1n) is 7.04. The van der Waals surface area contributed by atoms with Crippen LogP contribution in [0, 0.1) is 11.3 Å². The Kier molecular flexibility index (Phi) is 5.77. The zero-order valence-corrected chi connectivity index (χ0v) is 13.9. The van der Waals surface area contributed by atoms with Gasteiger partial charge in [-0.15, -0.1) is 0 Å². The molecule has 0 aliphatic rings. The van der Waals surface area contributed by atoms with Crippen LogP contribution in [0.5, 0.6) is 5.75 Å². The first-order valence-corrected chi connectivity index (χ1v) is 7.42. The van der Waals surface area contributed by atoms with Gasteiger partial charge in [-0.1, -0.05) is 17.7 Å². The number of carbonyl (C=O) groups excluding carboxylic acids is 1. The van der Waals surface area contributed by atoms with Gasteiger partial charge in [0.05, 0.1) is 7.11 Å². The van der Waals surface area contributed by atoms with E-state index < -0.39 is 11.9 Å². The van der Waals surface area contributed by atoms with Crippen LogP contribution in [0.25, 0.3) is 6.08 Å². The molecule has 0 unspecified atom stereocenters. The van der Waals surface area contributed by atoms with Crippen LogP contribution in [0.15, 0.2) is 48.0 Å². The summed E-state index contributed by atoms with van der Waals surface area (Å²) in [6.07, 6.45) is 1.30. The van der Waals surface area contributed by atoms with Crippen molar-refractivity contribution in [3.63, 3.8) is 0 Å². The molecule has 6 nitrogen and oxygen atoms in total. The summed E-state index contributed by atoms with van der Waals surface area (Å²) in [4.78, 5) is 23.4. The van der Waals surface area contributed by atoms with Crippen molar-refractivity contribution >= 4 is 35.2 Å². The fourth-order valence-corrected chi connectivity index (χ4v) is 2.16. The fourth-order valence-electron chi connectivity index (χ4n) is 2.03. The maximum atomic E-state index is 12.2. The Labute approximate surface area is 148 Å². The van der Waals surface area contributed by atoms with Crippen molar-refractivity contribution in [2.45, 2.75) is 0 Å². The summed E-state index contributed by atoms with van der Waals surface area (Å²) < 4.78 is 4.97. The Balaban J connectivity index is 2.29. The lowest BCUT2D eigenvalue weighted by Crippen LogP contribution is -2.13. The standard InChI is InChI=1S/C18H13ClN2O4/c1-25-16-7-2-11(9-15(16)18(23)24)8-12(10-20)17(22)21-14-5-3-13(19)4-6-14/h2-9H,1H3,(H,21,22)(H,23,24)/b12-8+. The van der Waals surface area contributed by atoms with Crippen LogP contribution in [0.4, 0.5) is 5.69 Å². The van der Waals surface area contributed by atoms with Gasteiger partial charge in [0.25, 0.3) is 5.91 Å². The summed E-state index contributed by atoms with van der Waals surface area (Å²) in [5.41, 5.74) is 0.639.